The molecule has 0 spiro atoms. The zero-order valence-electron chi connectivity index (χ0n) is 11.0. The Kier molecular flexibility index (Phi) is 4.73. The van der Waals surface area contributed by atoms with Crippen LogP contribution in [0.5, 0.6) is 5.75 Å². The van der Waals surface area contributed by atoms with Crippen molar-refractivity contribution in [3.63, 3.8) is 0 Å². The lowest BCUT2D eigenvalue weighted by atomic mass is 10.1. The van der Waals surface area contributed by atoms with Gasteiger partial charge in [-0.1, -0.05) is 41.9 Å². The van der Waals surface area contributed by atoms with Crippen molar-refractivity contribution in [2.75, 3.05) is 0 Å². The topological polar surface area (TPSA) is 9.23 Å². The van der Waals surface area contributed by atoms with E-state index in [1.165, 1.54) is 11.1 Å². The van der Waals surface area contributed by atoms with Gasteiger partial charge in [0.05, 0.1) is 10.9 Å². The van der Waals surface area contributed by atoms with Crippen LogP contribution >= 0.6 is 23.2 Å². The average Bonchev–Trinajstić information content (AvgIpc) is 2.41. The van der Waals surface area contributed by atoms with E-state index in [1.54, 1.807) is 0 Å². The van der Waals surface area contributed by atoms with E-state index >= 15 is 0 Å². The monoisotopic (exact) mass is 294 g/mol. The SMILES string of the molecule is Cc1ccc(COc2c(Cl)cccc2CCl)cc1C. The highest BCUT2D eigenvalue weighted by atomic mass is 35.5. The minimum atomic E-state index is 0.392. The molecule has 0 bridgehead atoms. The number of aryl methyl sites for hydroxylation is 2. The molecule has 0 atom stereocenters. The van der Waals surface area contributed by atoms with Crippen LogP contribution in [0.2, 0.25) is 5.02 Å². The highest BCUT2D eigenvalue weighted by Crippen LogP contribution is 2.30. The number of halogens is 2. The first kappa shape index (κ1) is 14.2. The number of alkyl halides is 1. The first-order valence-electron chi connectivity index (χ1n) is 6.14. The highest BCUT2D eigenvalue weighted by Gasteiger charge is 2.08. The summed E-state index contributed by atoms with van der Waals surface area (Å²) in [5.41, 5.74) is 4.59. The summed E-state index contributed by atoms with van der Waals surface area (Å²) in [6.45, 7) is 4.69. The largest absolute Gasteiger partial charge is 0.487 e. The van der Waals surface area contributed by atoms with Gasteiger partial charge in [-0.05, 0) is 36.6 Å². The predicted octanol–water partition coefficient (Wildman–Crippen LogP) is 5.27. The summed E-state index contributed by atoms with van der Waals surface area (Å²) in [5, 5.41) is 0.599. The number of hydrogen-bond donors (Lipinski definition) is 0. The molecule has 2 rings (SSSR count). The van der Waals surface area contributed by atoms with Crippen molar-refractivity contribution < 1.29 is 4.74 Å². The van der Waals surface area contributed by atoms with Gasteiger partial charge in [0.15, 0.2) is 0 Å². The lowest BCUT2D eigenvalue weighted by Gasteiger charge is -2.12. The fourth-order valence-electron chi connectivity index (χ4n) is 1.87. The zero-order chi connectivity index (χ0) is 13.8. The molecule has 0 unspecified atom stereocenters. The van der Waals surface area contributed by atoms with Crippen LogP contribution in [0.1, 0.15) is 22.3 Å². The number of benzene rings is 2. The van der Waals surface area contributed by atoms with Gasteiger partial charge in [0.1, 0.15) is 12.4 Å². The van der Waals surface area contributed by atoms with E-state index in [-0.39, 0.29) is 0 Å². The predicted molar refractivity (Wildman–Crippen MR) is 81.3 cm³/mol. The minimum absolute atomic E-state index is 0.392. The van der Waals surface area contributed by atoms with Crippen LogP contribution in [0.15, 0.2) is 36.4 Å². The maximum atomic E-state index is 6.15. The van der Waals surface area contributed by atoms with E-state index in [0.29, 0.717) is 23.3 Å². The van der Waals surface area contributed by atoms with Crippen molar-refractivity contribution >= 4 is 23.2 Å². The molecule has 0 aliphatic carbocycles. The van der Waals surface area contributed by atoms with Gasteiger partial charge in [0.25, 0.3) is 0 Å². The Morgan fingerprint density at radius 3 is 2.53 bits per heavy atom. The summed E-state index contributed by atoms with van der Waals surface area (Å²) in [6, 6.07) is 11.9. The maximum Gasteiger partial charge on any atom is 0.142 e. The molecule has 0 amide bonds. The van der Waals surface area contributed by atoms with E-state index in [0.717, 1.165) is 11.1 Å². The Hall–Kier alpha value is -1.18. The summed E-state index contributed by atoms with van der Waals surface area (Å²) in [6.07, 6.45) is 0. The summed E-state index contributed by atoms with van der Waals surface area (Å²) >= 11 is 12.0. The molecule has 19 heavy (non-hydrogen) atoms. The lowest BCUT2D eigenvalue weighted by Crippen LogP contribution is -1.99. The standard InChI is InChI=1S/C16H16Cl2O/c1-11-6-7-13(8-12(11)2)10-19-16-14(9-17)4-3-5-15(16)18/h3-8H,9-10H2,1-2H3. The second-order valence-electron chi connectivity index (χ2n) is 4.57. The van der Waals surface area contributed by atoms with E-state index in [2.05, 4.69) is 32.0 Å². The molecular weight excluding hydrogens is 279 g/mol. The minimum Gasteiger partial charge on any atom is -0.487 e. The molecule has 0 aliphatic heterocycles. The van der Waals surface area contributed by atoms with Gasteiger partial charge in [0, 0.05) is 5.56 Å². The molecular formula is C16H16Cl2O. The van der Waals surface area contributed by atoms with E-state index in [1.807, 2.05) is 18.2 Å². The summed E-state index contributed by atoms with van der Waals surface area (Å²) in [4.78, 5) is 0. The van der Waals surface area contributed by atoms with Gasteiger partial charge in [-0.25, -0.2) is 0 Å². The Morgan fingerprint density at radius 2 is 1.84 bits per heavy atom. The van der Waals surface area contributed by atoms with Crippen molar-refractivity contribution in [1.29, 1.82) is 0 Å². The van der Waals surface area contributed by atoms with Crippen LogP contribution in [-0.4, -0.2) is 0 Å². The molecule has 0 saturated carbocycles. The smallest absolute Gasteiger partial charge is 0.142 e. The van der Waals surface area contributed by atoms with Crippen molar-refractivity contribution in [2.45, 2.75) is 26.3 Å². The maximum absolute atomic E-state index is 6.15. The molecule has 0 aromatic heterocycles. The second kappa shape index (κ2) is 6.31. The quantitative estimate of drug-likeness (QED) is 0.698. The van der Waals surface area contributed by atoms with Crippen LogP contribution < -0.4 is 4.74 Å². The molecule has 0 heterocycles. The van der Waals surface area contributed by atoms with Crippen LogP contribution in [0.3, 0.4) is 0 Å². The third kappa shape index (κ3) is 3.43. The van der Waals surface area contributed by atoms with Gasteiger partial charge in [-0.15, -0.1) is 11.6 Å². The van der Waals surface area contributed by atoms with E-state index in [9.17, 15) is 0 Å². The fourth-order valence-corrected chi connectivity index (χ4v) is 2.33. The molecule has 0 fully saturated rings. The Balaban J connectivity index is 2.16. The molecule has 2 aromatic rings. The molecule has 3 heteroatoms. The van der Waals surface area contributed by atoms with Gasteiger partial charge in [-0.3, -0.25) is 0 Å². The highest BCUT2D eigenvalue weighted by molar-refractivity contribution is 6.32. The fraction of sp³-hybridized carbons (Fsp3) is 0.250. The molecule has 0 saturated heterocycles. The van der Waals surface area contributed by atoms with Crippen LogP contribution in [0.25, 0.3) is 0 Å². The molecule has 1 nitrogen and oxygen atoms in total. The molecule has 2 aromatic carbocycles. The lowest BCUT2D eigenvalue weighted by molar-refractivity contribution is 0.304. The number of para-hydroxylation sites is 1. The van der Waals surface area contributed by atoms with Gasteiger partial charge < -0.3 is 4.74 Å². The molecule has 0 N–H and O–H groups in total. The van der Waals surface area contributed by atoms with Gasteiger partial charge in [-0.2, -0.15) is 0 Å². The summed E-state index contributed by atoms with van der Waals surface area (Å²) < 4.78 is 5.82. The van der Waals surface area contributed by atoms with Crippen LogP contribution in [-0.2, 0) is 12.5 Å². The number of hydrogen-bond acceptors (Lipinski definition) is 1. The van der Waals surface area contributed by atoms with Crippen molar-refractivity contribution in [1.82, 2.24) is 0 Å². The van der Waals surface area contributed by atoms with Gasteiger partial charge >= 0.3 is 0 Å². The molecule has 0 aliphatic rings. The number of ether oxygens (including phenoxy) is 1. The molecule has 100 valence electrons. The normalized spacial score (nSPS) is 10.5. The zero-order valence-corrected chi connectivity index (χ0v) is 12.6. The Labute approximate surface area is 124 Å². The Morgan fingerprint density at radius 1 is 1.05 bits per heavy atom. The first-order chi connectivity index (χ1) is 9.11. The van der Waals surface area contributed by atoms with E-state index < -0.39 is 0 Å². The van der Waals surface area contributed by atoms with E-state index in [4.69, 9.17) is 27.9 Å². The third-order valence-corrected chi connectivity index (χ3v) is 3.73. The average molecular weight is 295 g/mol. The van der Waals surface area contributed by atoms with Crippen molar-refractivity contribution in [3.8, 4) is 5.75 Å². The van der Waals surface area contributed by atoms with Crippen LogP contribution in [0, 0.1) is 13.8 Å². The second-order valence-corrected chi connectivity index (χ2v) is 5.24. The summed E-state index contributed by atoms with van der Waals surface area (Å²) in [5.74, 6) is 1.07. The van der Waals surface area contributed by atoms with Crippen molar-refractivity contribution in [2.24, 2.45) is 0 Å². The van der Waals surface area contributed by atoms with Crippen molar-refractivity contribution in [3.05, 3.63) is 63.7 Å². The molecule has 0 radical (unpaired) electrons. The third-order valence-electron chi connectivity index (χ3n) is 3.15. The number of rotatable bonds is 4. The van der Waals surface area contributed by atoms with Gasteiger partial charge in [0.2, 0.25) is 0 Å². The summed E-state index contributed by atoms with van der Waals surface area (Å²) in [7, 11) is 0. The van der Waals surface area contributed by atoms with Crippen LogP contribution in [0.4, 0.5) is 0 Å². The first-order valence-corrected chi connectivity index (χ1v) is 7.05. The Bertz CT molecular complexity index is 579.